The zero-order chi connectivity index (χ0) is 17.6. The number of para-hydroxylation sites is 1. The third-order valence-corrected chi connectivity index (χ3v) is 3.69. The van der Waals surface area contributed by atoms with Crippen molar-refractivity contribution in [2.45, 2.75) is 13.0 Å². The van der Waals surface area contributed by atoms with Crippen LogP contribution in [0, 0.1) is 5.82 Å². The maximum atomic E-state index is 13.0. The first-order chi connectivity index (χ1) is 12.1. The molecule has 0 saturated heterocycles. The predicted octanol–water partition coefficient (Wildman–Crippen LogP) is 5.54. The molecule has 0 saturated carbocycles. The van der Waals surface area contributed by atoms with Gasteiger partial charge in [0.25, 0.3) is 0 Å². The monoisotopic (exact) mass is 336 g/mol. The lowest BCUT2D eigenvalue weighted by Crippen LogP contribution is -2.09. The van der Waals surface area contributed by atoms with Gasteiger partial charge in [0.1, 0.15) is 23.4 Å². The molecule has 0 heterocycles. The van der Waals surface area contributed by atoms with Crippen LogP contribution in [-0.2, 0) is 4.74 Å². The van der Waals surface area contributed by atoms with Gasteiger partial charge in [-0.25, -0.2) is 9.18 Å². The van der Waals surface area contributed by atoms with Crippen LogP contribution in [0.5, 0.6) is 11.5 Å². The van der Waals surface area contributed by atoms with E-state index in [1.54, 1.807) is 43.3 Å². The fourth-order valence-corrected chi connectivity index (χ4v) is 2.31. The van der Waals surface area contributed by atoms with Crippen LogP contribution in [0.2, 0.25) is 0 Å². The SMILES string of the molecule is C[C@@H](OC(=O)c1ccc(Oc2ccccc2)cc1)c1ccc(F)cc1. The minimum absolute atomic E-state index is 0.323. The first-order valence-corrected chi connectivity index (χ1v) is 7.91. The molecule has 126 valence electrons. The lowest BCUT2D eigenvalue weighted by atomic mass is 10.1. The molecule has 0 spiro atoms. The minimum atomic E-state index is -0.464. The van der Waals surface area contributed by atoms with Crippen molar-refractivity contribution in [3.8, 4) is 11.5 Å². The summed E-state index contributed by atoms with van der Waals surface area (Å²) in [5, 5.41) is 0. The Balaban J connectivity index is 1.63. The van der Waals surface area contributed by atoms with Crippen LogP contribution in [0.3, 0.4) is 0 Å². The maximum absolute atomic E-state index is 13.0. The van der Waals surface area contributed by atoms with Crippen molar-refractivity contribution >= 4 is 5.97 Å². The number of benzene rings is 3. The van der Waals surface area contributed by atoms with E-state index in [4.69, 9.17) is 9.47 Å². The molecule has 0 radical (unpaired) electrons. The van der Waals surface area contributed by atoms with Gasteiger partial charge in [-0.05, 0) is 61.0 Å². The van der Waals surface area contributed by atoms with Gasteiger partial charge in [0.2, 0.25) is 0 Å². The van der Waals surface area contributed by atoms with Crippen LogP contribution in [0.1, 0.15) is 28.9 Å². The molecule has 25 heavy (non-hydrogen) atoms. The highest BCUT2D eigenvalue weighted by Crippen LogP contribution is 2.23. The van der Waals surface area contributed by atoms with E-state index in [9.17, 15) is 9.18 Å². The number of esters is 1. The summed E-state index contributed by atoms with van der Waals surface area (Å²) in [7, 11) is 0. The molecule has 3 nitrogen and oxygen atoms in total. The molecule has 3 aromatic carbocycles. The predicted molar refractivity (Wildman–Crippen MR) is 93.2 cm³/mol. The standard InChI is InChI=1S/C21H17FO3/c1-15(16-7-11-18(22)12-8-16)24-21(23)17-9-13-20(14-10-17)25-19-5-3-2-4-6-19/h2-15H,1H3/t15-/m1/s1. The van der Waals surface area contributed by atoms with Crippen LogP contribution in [-0.4, -0.2) is 5.97 Å². The van der Waals surface area contributed by atoms with E-state index in [0.717, 1.165) is 11.3 Å². The van der Waals surface area contributed by atoms with Crippen molar-refractivity contribution in [3.63, 3.8) is 0 Å². The zero-order valence-corrected chi connectivity index (χ0v) is 13.7. The zero-order valence-electron chi connectivity index (χ0n) is 13.7. The Morgan fingerprint density at radius 3 is 2.08 bits per heavy atom. The third-order valence-electron chi connectivity index (χ3n) is 3.69. The summed E-state index contributed by atoms with van der Waals surface area (Å²) >= 11 is 0. The first-order valence-electron chi connectivity index (χ1n) is 7.91. The van der Waals surface area contributed by atoms with Crippen LogP contribution in [0.15, 0.2) is 78.9 Å². The Bertz CT molecular complexity index is 827. The molecule has 0 fully saturated rings. The number of ether oxygens (including phenoxy) is 2. The normalized spacial score (nSPS) is 11.6. The van der Waals surface area contributed by atoms with Crippen molar-refractivity contribution < 1.29 is 18.7 Å². The van der Waals surface area contributed by atoms with E-state index < -0.39 is 12.1 Å². The highest BCUT2D eigenvalue weighted by molar-refractivity contribution is 5.89. The van der Waals surface area contributed by atoms with E-state index in [1.807, 2.05) is 30.3 Å². The van der Waals surface area contributed by atoms with E-state index >= 15 is 0 Å². The fourth-order valence-electron chi connectivity index (χ4n) is 2.31. The summed E-state index contributed by atoms with van der Waals surface area (Å²) in [6, 6.07) is 22.0. The molecule has 3 rings (SSSR count). The Labute approximate surface area is 145 Å². The van der Waals surface area contributed by atoms with Gasteiger partial charge in [-0.2, -0.15) is 0 Å². The molecule has 1 atom stereocenters. The van der Waals surface area contributed by atoms with Gasteiger partial charge in [-0.15, -0.1) is 0 Å². The van der Waals surface area contributed by atoms with Crippen molar-refractivity contribution in [2.75, 3.05) is 0 Å². The lowest BCUT2D eigenvalue weighted by Gasteiger charge is -2.14. The summed E-state index contributed by atoms with van der Waals surface area (Å²) in [5.41, 5.74) is 1.16. The van der Waals surface area contributed by atoms with Gasteiger partial charge in [-0.1, -0.05) is 30.3 Å². The summed E-state index contributed by atoms with van der Waals surface area (Å²) in [6.07, 6.45) is -0.464. The molecule has 0 amide bonds. The molecular formula is C21H17FO3. The van der Waals surface area contributed by atoms with Gasteiger partial charge in [0.05, 0.1) is 5.56 Å². The molecule has 0 aliphatic heterocycles. The van der Waals surface area contributed by atoms with E-state index in [-0.39, 0.29) is 5.82 Å². The number of hydrogen-bond acceptors (Lipinski definition) is 3. The fraction of sp³-hybridized carbons (Fsp3) is 0.0952. The first kappa shape index (κ1) is 16.7. The molecule has 0 unspecified atom stereocenters. The average Bonchev–Trinajstić information content (AvgIpc) is 2.63. The smallest absolute Gasteiger partial charge is 0.338 e. The number of carbonyl (C=O) groups is 1. The molecule has 4 heteroatoms. The van der Waals surface area contributed by atoms with Gasteiger partial charge >= 0.3 is 5.97 Å². The summed E-state index contributed by atoms with van der Waals surface area (Å²) in [5.74, 6) is 0.594. The molecule has 3 aromatic rings. The van der Waals surface area contributed by atoms with Crippen molar-refractivity contribution in [3.05, 3.63) is 95.8 Å². The van der Waals surface area contributed by atoms with Crippen molar-refractivity contribution in [1.29, 1.82) is 0 Å². The molecule has 0 aliphatic rings. The van der Waals surface area contributed by atoms with E-state index in [1.165, 1.54) is 12.1 Å². The largest absolute Gasteiger partial charge is 0.457 e. The number of hydrogen-bond donors (Lipinski definition) is 0. The van der Waals surface area contributed by atoms with Crippen LogP contribution >= 0.6 is 0 Å². The maximum Gasteiger partial charge on any atom is 0.338 e. The van der Waals surface area contributed by atoms with Gasteiger partial charge in [0, 0.05) is 0 Å². The molecule has 0 bridgehead atoms. The Morgan fingerprint density at radius 1 is 0.840 bits per heavy atom. The Kier molecular flexibility index (Phi) is 5.09. The highest BCUT2D eigenvalue weighted by Gasteiger charge is 2.14. The number of carbonyl (C=O) groups excluding carboxylic acids is 1. The second kappa shape index (κ2) is 7.62. The Hall–Kier alpha value is -3.14. The van der Waals surface area contributed by atoms with Crippen LogP contribution in [0.25, 0.3) is 0 Å². The third kappa shape index (κ3) is 4.44. The summed E-state index contributed by atoms with van der Waals surface area (Å²) in [6.45, 7) is 1.75. The minimum Gasteiger partial charge on any atom is -0.457 e. The van der Waals surface area contributed by atoms with Crippen molar-refractivity contribution in [2.24, 2.45) is 0 Å². The Morgan fingerprint density at radius 2 is 1.44 bits per heavy atom. The lowest BCUT2D eigenvalue weighted by molar-refractivity contribution is 0.0338. The summed E-state index contributed by atoms with van der Waals surface area (Å²) in [4.78, 5) is 12.2. The molecular weight excluding hydrogens is 319 g/mol. The second-order valence-electron chi connectivity index (χ2n) is 5.54. The van der Waals surface area contributed by atoms with Crippen molar-refractivity contribution in [1.82, 2.24) is 0 Å². The highest BCUT2D eigenvalue weighted by atomic mass is 19.1. The molecule has 0 N–H and O–H groups in total. The molecule has 0 aliphatic carbocycles. The molecule has 0 aromatic heterocycles. The van der Waals surface area contributed by atoms with E-state index in [2.05, 4.69) is 0 Å². The number of rotatable bonds is 5. The van der Waals surface area contributed by atoms with Crippen LogP contribution < -0.4 is 4.74 Å². The van der Waals surface area contributed by atoms with Crippen LogP contribution in [0.4, 0.5) is 4.39 Å². The topological polar surface area (TPSA) is 35.5 Å². The second-order valence-corrected chi connectivity index (χ2v) is 5.54. The quantitative estimate of drug-likeness (QED) is 0.574. The number of halogens is 1. The van der Waals surface area contributed by atoms with Gasteiger partial charge < -0.3 is 9.47 Å². The van der Waals surface area contributed by atoms with Gasteiger partial charge in [0.15, 0.2) is 0 Å². The average molecular weight is 336 g/mol. The van der Waals surface area contributed by atoms with E-state index in [0.29, 0.717) is 11.3 Å². The summed E-state index contributed by atoms with van der Waals surface area (Å²) < 4.78 is 24.1. The van der Waals surface area contributed by atoms with Gasteiger partial charge in [-0.3, -0.25) is 0 Å².